The Labute approximate surface area is 709 Å². The maximum absolute atomic E-state index is 3.63. The largest absolute Gasteiger partial charge is 0.310 e. The Bertz CT molecular complexity index is 5910. The highest BCUT2D eigenvalue weighted by atomic mass is 79.9. The normalized spacial score (nSPS) is 17.3. The Morgan fingerprint density at radius 3 is 1.01 bits per heavy atom. The summed E-state index contributed by atoms with van der Waals surface area (Å²) in [6, 6.07) is 113. The van der Waals surface area contributed by atoms with Gasteiger partial charge in [-0.25, -0.2) is 0 Å². The van der Waals surface area contributed by atoms with Gasteiger partial charge < -0.3 is 14.7 Å². The van der Waals surface area contributed by atoms with Gasteiger partial charge in [-0.2, -0.15) is 0 Å². The van der Waals surface area contributed by atoms with Crippen LogP contribution in [-0.2, 0) is 11.1 Å². The van der Waals surface area contributed by atoms with Gasteiger partial charge >= 0.3 is 0 Å². The van der Waals surface area contributed by atoms with E-state index < -0.39 is 0 Å². The third-order valence-electron chi connectivity index (χ3n) is 24.9. The monoisotopic (exact) mass is 1840 g/mol. The first-order chi connectivity index (χ1) is 54.3. The average molecular weight is 1850 g/mol. The summed E-state index contributed by atoms with van der Waals surface area (Å²) in [5.41, 5.74) is 27.1. The molecule has 112 heavy (non-hydrogen) atoms. The molecule has 0 spiro atoms. The predicted molar refractivity (Wildman–Crippen MR) is 495 cm³/mol. The van der Waals surface area contributed by atoms with Gasteiger partial charge in [-0.05, 0) is 374 Å². The van der Waals surface area contributed by atoms with Crippen LogP contribution in [0.5, 0.6) is 0 Å². The van der Waals surface area contributed by atoms with Gasteiger partial charge in [0.25, 0.3) is 0 Å². The number of nitrogens with zero attached hydrogens (tertiary/aromatic N) is 4. The molecule has 0 aromatic heterocycles. The van der Waals surface area contributed by atoms with Crippen molar-refractivity contribution in [2.45, 2.75) is 107 Å². The molecule has 2 atom stereocenters. The highest BCUT2D eigenvalue weighted by molar-refractivity contribution is 9.11. The Morgan fingerprint density at radius 1 is 0.268 bits per heavy atom. The van der Waals surface area contributed by atoms with Crippen molar-refractivity contribution in [1.82, 2.24) is 4.90 Å². The van der Waals surface area contributed by atoms with Crippen LogP contribution in [0.1, 0.15) is 130 Å². The SMILES string of the molecule is Brc1ccc(N(c2ccc(Br)cc2)c2cc3ccccc3cc2-c2ccc3c(c2)C2CCC3C2)cc1.Brc1ccc(N(c2ccc(Br)cc2)c2cc3ccccc3cc2-c2ccc3c(c2)C2CCC3CC2)cc1.CN1C(C)(C)c2ccc(-c3cc(N(c4ccc(Br)cc4)c4ccc(Br)cc4)c4ccccc4c3)cc2C1(C)C. The van der Waals surface area contributed by atoms with E-state index in [1.807, 2.05) is 0 Å². The van der Waals surface area contributed by atoms with E-state index in [0.29, 0.717) is 0 Å². The average Bonchev–Trinajstić information content (AvgIpc) is 1.59. The number of anilines is 9. The first-order valence-corrected chi connectivity index (χ1v) is 43.8. The number of rotatable bonds is 12. The lowest BCUT2D eigenvalue weighted by molar-refractivity contribution is 0.0730. The first kappa shape index (κ1) is 74.7. The van der Waals surface area contributed by atoms with Crippen molar-refractivity contribution in [3.63, 3.8) is 0 Å². The summed E-state index contributed by atoms with van der Waals surface area (Å²) in [5.74, 6) is 2.99. The number of fused-ring (bicyclic) bond motifs is 11. The van der Waals surface area contributed by atoms with Crippen molar-refractivity contribution >= 4 is 179 Å². The molecular formula is C102H84Br6N4. The van der Waals surface area contributed by atoms with Crippen LogP contribution in [0.3, 0.4) is 0 Å². The van der Waals surface area contributed by atoms with Crippen LogP contribution in [-0.4, -0.2) is 11.9 Å². The second kappa shape index (κ2) is 30.9. The van der Waals surface area contributed by atoms with Gasteiger partial charge in [-0.15, -0.1) is 0 Å². The molecule has 2 unspecified atom stereocenters. The predicted octanol–water partition coefficient (Wildman–Crippen LogP) is 33.0. The number of hydrogen-bond acceptors (Lipinski definition) is 4. The van der Waals surface area contributed by atoms with Gasteiger partial charge in [-0.3, -0.25) is 4.90 Å². The van der Waals surface area contributed by atoms with Crippen molar-refractivity contribution in [2.75, 3.05) is 21.7 Å². The standard InChI is InChI=1S/C35H32Br2N2.C34H27Br2N.C33H25Br2N/c1-34(2)31-19-10-23(21-32(31)35(3,4)38(34)5)25-20-24-8-6-7-9-30(24)33(22-25)39(28-15-11-26(36)12-16-28)29-17-13-27(37)14-18-29;35-27-10-14-29(15-11-27)37(30-16-12-28(36)13-17-30)34-21-25-4-2-1-3-24(25)19-33(34)26-9-18-31-22-5-7-23(8-6-22)32(31)20-26;34-26-8-12-28(13-9-26)36(29-14-10-27(35)11-15-29)33-20-22-4-2-1-3-21(22)18-32(33)25-7-16-30-23-5-6-24(17-23)31(30)19-25/h6-22H,1-5H3;1-4,9-23H,5-8H2;1-4,7-16,18-20,23-24H,5-6,17H2. The van der Waals surface area contributed by atoms with Crippen LogP contribution < -0.4 is 14.7 Å². The van der Waals surface area contributed by atoms with Crippen LogP contribution in [0.15, 0.2) is 336 Å². The number of benzene rings is 15. The van der Waals surface area contributed by atoms with Crippen LogP contribution in [0.25, 0.3) is 65.7 Å². The fraction of sp³-hybridized carbons (Fsp3) is 0.176. The smallest absolute Gasteiger partial charge is 0.0546 e. The molecule has 5 aliphatic carbocycles. The van der Waals surface area contributed by atoms with Gasteiger partial charge in [0.2, 0.25) is 0 Å². The summed E-state index contributed by atoms with van der Waals surface area (Å²) in [6.45, 7) is 9.31. The fourth-order valence-electron chi connectivity index (χ4n) is 18.8. The van der Waals surface area contributed by atoms with E-state index in [0.717, 1.165) is 90.3 Å². The molecule has 15 aromatic rings. The molecule has 1 aliphatic heterocycles. The third kappa shape index (κ3) is 14.4. The number of halogens is 6. The van der Waals surface area contributed by atoms with Gasteiger partial charge in [0.15, 0.2) is 0 Å². The van der Waals surface area contributed by atoms with Crippen LogP contribution in [0, 0.1) is 0 Å². The molecule has 554 valence electrons. The number of hydrogen-bond donors (Lipinski definition) is 0. The summed E-state index contributed by atoms with van der Waals surface area (Å²) in [4.78, 5) is 9.63. The maximum Gasteiger partial charge on any atom is 0.0546 e. The quantitative estimate of drug-likeness (QED) is 0.121. The molecule has 0 saturated heterocycles. The minimum absolute atomic E-state index is 0.00806. The molecule has 0 radical (unpaired) electrons. The Balaban J connectivity index is 0.000000117. The van der Waals surface area contributed by atoms with E-state index in [1.54, 1.807) is 22.3 Å². The van der Waals surface area contributed by atoms with E-state index in [4.69, 9.17) is 0 Å². The Hall–Kier alpha value is -8.68. The lowest BCUT2D eigenvalue weighted by Gasteiger charge is -2.38. The van der Waals surface area contributed by atoms with E-state index in [1.165, 1.54) is 133 Å². The second-order valence-corrected chi connectivity index (χ2v) is 37.4. The summed E-state index contributed by atoms with van der Waals surface area (Å²) in [7, 11) is 2.24. The molecule has 1 heterocycles. The van der Waals surface area contributed by atoms with E-state index >= 15 is 0 Å². The summed E-state index contributed by atoms with van der Waals surface area (Å²) in [6.07, 6.45) is 9.45. The molecule has 0 amide bonds. The Kier molecular flexibility index (Phi) is 20.6. The zero-order valence-electron chi connectivity index (χ0n) is 63.3. The maximum atomic E-state index is 3.63. The third-order valence-corrected chi connectivity index (χ3v) is 28.0. The van der Waals surface area contributed by atoms with Crippen molar-refractivity contribution in [1.29, 1.82) is 0 Å². The van der Waals surface area contributed by atoms with E-state index in [2.05, 4.69) is 459 Å². The van der Waals surface area contributed by atoms with Gasteiger partial charge in [0.05, 0.1) is 17.1 Å². The summed E-state index contributed by atoms with van der Waals surface area (Å²) < 4.78 is 6.44. The van der Waals surface area contributed by atoms with Gasteiger partial charge in [0.1, 0.15) is 0 Å². The second-order valence-electron chi connectivity index (χ2n) is 31.9. The lowest BCUT2D eigenvalue weighted by atomic mass is 9.66. The van der Waals surface area contributed by atoms with Crippen molar-refractivity contribution in [3.05, 3.63) is 370 Å². The molecule has 15 aromatic carbocycles. The lowest BCUT2D eigenvalue weighted by Crippen LogP contribution is -2.42. The van der Waals surface area contributed by atoms with E-state index in [9.17, 15) is 0 Å². The van der Waals surface area contributed by atoms with Crippen LogP contribution in [0.2, 0.25) is 0 Å². The highest BCUT2D eigenvalue weighted by Gasteiger charge is 2.47. The molecular weight excluding hydrogens is 1760 g/mol. The summed E-state index contributed by atoms with van der Waals surface area (Å²) >= 11 is 21.7. The van der Waals surface area contributed by atoms with Crippen LogP contribution >= 0.6 is 95.6 Å². The zero-order valence-corrected chi connectivity index (χ0v) is 72.8. The van der Waals surface area contributed by atoms with Crippen molar-refractivity contribution in [3.8, 4) is 33.4 Å². The minimum atomic E-state index is -0.0462. The fourth-order valence-corrected chi connectivity index (χ4v) is 20.4. The molecule has 10 heteroatoms. The molecule has 6 aliphatic rings. The molecule has 0 N–H and O–H groups in total. The van der Waals surface area contributed by atoms with Gasteiger partial charge in [-0.1, -0.05) is 217 Å². The van der Waals surface area contributed by atoms with Gasteiger partial charge in [0, 0.05) is 88.6 Å². The van der Waals surface area contributed by atoms with Crippen LogP contribution in [0.4, 0.5) is 51.2 Å². The van der Waals surface area contributed by atoms with Crippen molar-refractivity contribution < 1.29 is 0 Å². The Morgan fingerprint density at radius 2 is 0.589 bits per heavy atom. The highest BCUT2D eigenvalue weighted by Crippen LogP contribution is 2.57. The zero-order chi connectivity index (χ0) is 76.7. The van der Waals surface area contributed by atoms with Crippen molar-refractivity contribution in [2.24, 2.45) is 0 Å². The first-order valence-electron chi connectivity index (χ1n) is 39.0. The molecule has 2 saturated carbocycles. The summed E-state index contributed by atoms with van der Waals surface area (Å²) in [5, 5.41) is 7.47. The van der Waals surface area contributed by atoms with E-state index in [-0.39, 0.29) is 11.1 Å². The molecule has 4 bridgehead atoms. The minimum Gasteiger partial charge on any atom is -0.310 e. The topological polar surface area (TPSA) is 13.0 Å². The molecule has 4 nitrogen and oxygen atoms in total. The molecule has 2 fully saturated rings. The molecule has 21 rings (SSSR count).